The summed E-state index contributed by atoms with van der Waals surface area (Å²) in [4.78, 5) is 14.2. The molecule has 0 spiro atoms. The number of rotatable bonds is 5. The van der Waals surface area contributed by atoms with E-state index in [1.165, 1.54) is 32.1 Å². The Hall–Kier alpha value is -0.770. The Bertz CT molecular complexity index is 314. The van der Waals surface area contributed by atoms with Gasteiger partial charge >= 0.3 is 6.03 Å². The molecule has 0 aromatic carbocycles. The van der Waals surface area contributed by atoms with E-state index in [2.05, 4.69) is 12.2 Å². The van der Waals surface area contributed by atoms with Gasteiger partial charge in [0.25, 0.3) is 0 Å². The Balaban J connectivity index is 1.69. The lowest BCUT2D eigenvalue weighted by Gasteiger charge is -2.35. The van der Waals surface area contributed by atoms with Crippen molar-refractivity contribution in [3.63, 3.8) is 0 Å². The highest BCUT2D eigenvalue weighted by atomic mass is 16.3. The zero-order chi connectivity index (χ0) is 15.1. The van der Waals surface area contributed by atoms with Crippen molar-refractivity contribution in [3.8, 4) is 0 Å². The average molecular weight is 296 g/mol. The molecule has 1 saturated heterocycles. The van der Waals surface area contributed by atoms with Crippen LogP contribution in [0.25, 0.3) is 0 Å². The number of aliphatic hydroxyl groups is 1. The minimum Gasteiger partial charge on any atom is -0.396 e. The van der Waals surface area contributed by atoms with Crippen LogP contribution in [0.5, 0.6) is 0 Å². The number of likely N-dealkylation sites (tertiary alicyclic amines) is 1. The van der Waals surface area contributed by atoms with Crippen LogP contribution in [0.3, 0.4) is 0 Å². The Kier molecular flexibility index (Phi) is 6.81. The molecule has 2 aliphatic rings. The lowest BCUT2D eigenvalue weighted by Crippen LogP contribution is -2.49. The molecule has 1 atom stereocenters. The SMILES string of the molecule is CCCCC1CCC(NC(=O)N2CCCC(CO)C2)CC1. The summed E-state index contributed by atoms with van der Waals surface area (Å²) in [5.74, 6) is 1.15. The molecule has 0 bridgehead atoms. The standard InChI is InChI=1S/C17H32N2O2/c1-2-3-5-14-7-9-16(10-8-14)18-17(21)19-11-4-6-15(12-19)13-20/h14-16,20H,2-13H2,1H3,(H,18,21). The molecule has 1 heterocycles. The van der Waals surface area contributed by atoms with Gasteiger partial charge in [-0.25, -0.2) is 4.79 Å². The smallest absolute Gasteiger partial charge is 0.317 e. The van der Waals surface area contributed by atoms with E-state index in [0.29, 0.717) is 12.6 Å². The van der Waals surface area contributed by atoms with E-state index in [4.69, 9.17) is 0 Å². The van der Waals surface area contributed by atoms with Crippen molar-refractivity contribution < 1.29 is 9.90 Å². The van der Waals surface area contributed by atoms with Crippen molar-refractivity contribution in [2.24, 2.45) is 11.8 Å². The second-order valence-electron chi connectivity index (χ2n) is 6.95. The Morgan fingerprint density at radius 3 is 2.62 bits per heavy atom. The zero-order valence-electron chi connectivity index (χ0n) is 13.5. The molecule has 2 N–H and O–H groups in total. The van der Waals surface area contributed by atoms with E-state index >= 15 is 0 Å². The van der Waals surface area contributed by atoms with Gasteiger partial charge in [-0.15, -0.1) is 0 Å². The monoisotopic (exact) mass is 296 g/mol. The number of amides is 2. The fourth-order valence-corrected chi connectivity index (χ4v) is 3.75. The molecule has 1 saturated carbocycles. The van der Waals surface area contributed by atoms with Gasteiger partial charge in [0.15, 0.2) is 0 Å². The molecular weight excluding hydrogens is 264 g/mol. The number of carbonyl (C=O) groups excluding carboxylic acids is 1. The molecule has 0 aromatic heterocycles. The van der Waals surface area contributed by atoms with Crippen molar-refractivity contribution in [2.45, 2.75) is 70.8 Å². The molecule has 1 unspecified atom stereocenters. The molecule has 1 aliphatic carbocycles. The highest BCUT2D eigenvalue weighted by Gasteiger charge is 2.26. The lowest BCUT2D eigenvalue weighted by atomic mass is 9.83. The average Bonchev–Trinajstić information content (AvgIpc) is 2.54. The summed E-state index contributed by atoms with van der Waals surface area (Å²) < 4.78 is 0. The Morgan fingerprint density at radius 1 is 1.19 bits per heavy atom. The van der Waals surface area contributed by atoms with Gasteiger partial charge in [0, 0.05) is 25.7 Å². The van der Waals surface area contributed by atoms with Gasteiger partial charge in [-0.05, 0) is 50.4 Å². The van der Waals surface area contributed by atoms with Gasteiger partial charge in [0.05, 0.1) is 0 Å². The van der Waals surface area contributed by atoms with E-state index in [1.807, 2.05) is 4.90 Å². The molecule has 2 fully saturated rings. The van der Waals surface area contributed by atoms with Crippen molar-refractivity contribution in [2.75, 3.05) is 19.7 Å². The predicted molar refractivity (Wildman–Crippen MR) is 85.2 cm³/mol. The number of urea groups is 1. The fraction of sp³-hybridized carbons (Fsp3) is 0.941. The van der Waals surface area contributed by atoms with Crippen LogP contribution in [0.2, 0.25) is 0 Å². The maximum Gasteiger partial charge on any atom is 0.317 e. The third kappa shape index (κ3) is 5.17. The molecule has 4 heteroatoms. The number of nitrogens with one attached hydrogen (secondary N) is 1. The van der Waals surface area contributed by atoms with Gasteiger partial charge in [-0.3, -0.25) is 0 Å². The number of unbranched alkanes of at least 4 members (excludes halogenated alkanes) is 1. The van der Waals surface area contributed by atoms with Crippen molar-refractivity contribution in [1.82, 2.24) is 10.2 Å². The highest BCUT2D eigenvalue weighted by Crippen LogP contribution is 2.28. The summed E-state index contributed by atoms with van der Waals surface area (Å²) in [5, 5.41) is 12.5. The summed E-state index contributed by atoms with van der Waals surface area (Å²) in [7, 11) is 0. The minimum atomic E-state index is 0.0881. The summed E-state index contributed by atoms with van der Waals surface area (Å²) in [6.45, 7) is 4.01. The first-order valence-electron chi connectivity index (χ1n) is 8.89. The van der Waals surface area contributed by atoms with Gasteiger partial charge < -0.3 is 15.3 Å². The molecule has 122 valence electrons. The molecule has 1 aliphatic heterocycles. The van der Waals surface area contributed by atoms with Gasteiger partial charge in [0.2, 0.25) is 0 Å². The van der Waals surface area contributed by atoms with Crippen molar-refractivity contribution in [1.29, 1.82) is 0 Å². The maximum absolute atomic E-state index is 12.3. The molecular formula is C17H32N2O2. The molecule has 0 aromatic rings. The van der Waals surface area contributed by atoms with E-state index in [1.54, 1.807) is 0 Å². The Labute approximate surface area is 129 Å². The summed E-state index contributed by atoms with van der Waals surface area (Å²) in [6, 6.07) is 0.454. The zero-order valence-corrected chi connectivity index (χ0v) is 13.5. The van der Waals surface area contributed by atoms with E-state index in [0.717, 1.165) is 38.1 Å². The number of nitrogens with zero attached hydrogens (tertiary/aromatic N) is 1. The van der Waals surface area contributed by atoms with Crippen LogP contribution in [0, 0.1) is 11.8 Å². The molecule has 0 radical (unpaired) electrons. The first kappa shape index (κ1) is 16.6. The molecule has 2 rings (SSSR count). The normalized spacial score (nSPS) is 30.2. The maximum atomic E-state index is 12.3. The number of hydrogen-bond acceptors (Lipinski definition) is 2. The largest absolute Gasteiger partial charge is 0.396 e. The van der Waals surface area contributed by atoms with Crippen LogP contribution in [0.15, 0.2) is 0 Å². The van der Waals surface area contributed by atoms with E-state index in [9.17, 15) is 9.90 Å². The molecule has 21 heavy (non-hydrogen) atoms. The first-order chi connectivity index (χ1) is 10.2. The van der Waals surface area contributed by atoms with Gasteiger partial charge in [0.1, 0.15) is 0 Å². The quantitative estimate of drug-likeness (QED) is 0.819. The Morgan fingerprint density at radius 2 is 1.95 bits per heavy atom. The third-order valence-electron chi connectivity index (χ3n) is 5.20. The van der Waals surface area contributed by atoms with Crippen LogP contribution in [-0.4, -0.2) is 41.8 Å². The van der Waals surface area contributed by atoms with Gasteiger partial charge in [-0.2, -0.15) is 0 Å². The second kappa shape index (κ2) is 8.62. The summed E-state index contributed by atoms with van der Waals surface area (Å²) in [5.41, 5.74) is 0. The van der Waals surface area contributed by atoms with Crippen molar-refractivity contribution >= 4 is 6.03 Å². The van der Waals surface area contributed by atoms with Crippen LogP contribution >= 0.6 is 0 Å². The minimum absolute atomic E-state index is 0.0881. The van der Waals surface area contributed by atoms with Crippen LogP contribution < -0.4 is 5.32 Å². The van der Waals surface area contributed by atoms with Crippen LogP contribution in [0.1, 0.15) is 64.7 Å². The predicted octanol–water partition coefficient (Wildman–Crippen LogP) is 3.15. The molecule has 4 nitrogen and oxygen atoms in total. The van der Waals surface area contributed by atoms with E-state index in [-0.39, 0.29) is 18.6 Å². The number of carbonyl (C=O) groups is 1. The lowest BCUT2D eigenvalue weighted by molar-refractivity contribution is 0.125. The number of hydrogen-bond donors (Lipinski definition) is 2. The fourth-order valence-electron chi connectivity index (χ4n) is 3.75. The highest BCUT2D eigenvalue weighted by molar-refractivity contribution is 5.74. The molecule has 2 amide bonds. The number of piperidine rings is 1. The van der Waals surface area contributed by atoms with Crippen LogP contribution in [0.4, 0.5) is 4.79 Å². The summed E-state index contributed by atoms with van der Waals surface area (Å²) in [6.07, 6.45) is 10.9. The van der Waals surface area contributed by atoms with Gasteiger partial charge in [-0.1, -0.05) is 26.2 Å². The van der Waals surface area contributed by atoms with E-state index < -0.39 is 0 Å². The topological polar surface area (TPSA) is 52.6 Å². The first-order valence-corrected chi connectivity index (χ1v) is 8.89. The number of aliphatic hydroxyl groups excluding tert-OH is 1. The van der Waals surface area contributed by atoms with Crippen molar-refractivity contribution in [3.05, 3.63) is 0 Å². The van der Waals surface area contributed by atoms with Crippen LogP contribution in [-0.2, 0) is 0 Å². The second-order valence-corrected chi connectivity index (χ2v) is 6.95. The third-order valence-corrected chi connectivity index (χ3v) is 5.20. The summed E-state index contributed by atoms with van der Waals surface area (Å²) >= 11 is 0.